The van der Waals surface area contributed by atoms with Crippen LogP contribution in [0.15, 0.2) is 84.0 Å². The van der Waals surface area contributed by atoms with E-state index in [4.69, 9.17) is 5.10 Å². The topological polar surface area (TPSA) is 15.6 Å². The molecule has 4 rings (SSSR count). The third-order valence-corrected chi connectivity index (χ3v) is 4.88. The number of benzene rings is 3. The Kier molecular flexibility index (Phi) is 4.53. The largest absolute Gasteiger partial charge is 0.257 e. The van der Waals surface area contributed by atoms with Gasteiger partial charge in [0.05, 0.1) is 17.4 Å². The maximum Gasteiger partial charge on any atom is 0.123 e. The maximum absolute atomic E-state index is 13.4. The summed E-state index contributed by atoms with van der Waals surface area (Å²) in [5.41, 5.74) is 5.64. The molecule has 130 valence electrons. The zero-order chi connectivity index (χ0) is 17.9. The van der Waals surface area contributed by atoms with Crippen LogP contribution in [0.4, 0.5) is 10.1 Å². The molecule has 0 unspecified atom stereocenters. The molecule has 26 heavy (non-hydrogen) atoms. The van der Waals surface area contributed by atoms with E-state index in [1.54, 1.807) is 0 Å². The van der Waals surface area contributed by atoms with Crippen LogP contribution in [0.5, 0.6) is 0 Å². The molecule has 0 bridgehead atoms. The molecule has 3 aromatic carbocycles. The molecule has 0 amide bonds. The fraction of sp³-hybridized carbons (Fsp3) is 0.174. The molecule has 0 N–H and O–H groups in total. The smallest absolute Gasteiger partial charge is 0.123 e. The van der Waals surface area contributed by atoms with Gasteiger partial charge in [-0.2, -0.15) is 5.10 Å². The van der Waals surface area contributed by atoms with Gasteiger partial charge in [-0.15, -0.1) is 0 Å². The summed E-state index contributed by atoms with van der Waals surface area (Å²) < 4.78 is 13.4. The number of aryl methyl sites for hydroxylation is 1. The average Bonchev–Trinajstić information content (AvgIpc) is 3.15. The Labute approximate surface area is 153 Å². The summed E-state index contributed by atoms with van der Waals surface area (Å²) in [6, 6.07) is 25.6. The highest BCUT2D eigenvalue weighted by molar-refractivity contribution is 6.03. The van der Waals surface area contributed by atoms with E-state index >= 15 is 0 Å². The summed E-state index contributed by atoms with van der Waals surface area (Å²) in [4.78, 5) is 0. The number of halogens is 1. The van der Waals surface area contributed by atoms with Crippen LogP contribution in [-0.4, -0.2) is 5.71 Å². The van der Waals surface area contributed by atoms with E-state index < -0.39 is 0 Å². The van der Waals surface area contributed by atoms with Gasteiger partial charge in [0, 0.05) is 6.42 Å². The molecule has 0 spiro atoms. The highest BCUT2D eigenvalue weighted by atomic mass is 19.1. The second-order valence-corrected chi connectivity index (χ2v) is 6.55. The van der Waals surface area contributed by atoms with Crippen LogP contribution < -0.4 is 5.01 Å². The van der Waals surface area contributed by atoms with E-state index in [-0.39, 0.29) is 11.9 Å². The van der Waals surface area contributed by atoms with Gasteiger partial charge < -0.3 is 0 Å². The van der Waals surface area contributed by atoms with Crippen LogP contribution in [0.1, 0.15) is 36.1 Å². The minimum absolute atomic E-state index is 0.0684. The zero-order valence-corrected chi connectivity index (χ0v) is 14.8. The van der Waals surface area contributed by atoms with Gasteiger partial charge in [0.1, 0.15) is 5.82 Å². The summed E-state index contributed by atoms with van der Waals surface area (Å²) in [5.74, 6) is -0.214. The van der Waals surface area contributed by atoms with Gasteiger partial charge in [-0.05, 0) is 47.4 Å². The van der Waals surface area contributed by atoms with Crippen molar-refractivity contribution < 1.29 is 4.39 Å². The number of anilines is 1. The molecule has 0 aliphatic carbocycles. The molecular weight excluding hydrogens is 323 g/mol. The number of para-hydroxylation sites is 1. The van der Waals surface area contributed by atoms with Gasteiger partial charge in [-0.3, -0.25) is 5.01 Å². The average molecular weight is 344 g/mol. The summed E-state index contributed by atoms with van der Waals surface area (Å²) >= 11 is 0. The Morgan fingerprint density at radius 1 is 0.923 bits per heavy atom. The van der Waals surface area contributed by atoms with Gasteiger partial charge in [0.2, 0.25) is 0 Å². The quantitative estimate of drug-likeness (QED) is 0.589. The fourth-order valence-corrected chi connectivity index (χ4v) is 3.38. The standard InChI is InChI=1S/C23H21FN2/c1-2-17-8-10-18(11-9-17)22-16-23(19-12-14-20(24)15-13-19)26(25-22)21-6-4-3-5-7-21/h3-15,23H,2,16H2,1H3/t23-/m1/s1. The Morgan fingerprint density at radius 2 is 1.62 bits per heavy atom. The fourth-order valence-electron chi connectivity index (χ4n) is 3.38. The lowest BCUT2D eigenvalue weighted by Crippen LogP contribution is -2.18. The van der Waals surface area contributed by atoms with E-state index in [9.17, 15) is 4.39 Å². The minimum Gasteiger partial charge on any atom is -0.257 e. The van der Waals surface area contributed by atoms with Crippen molar-refractivity contribution in [3.63, 3.8) is 0 Å². The summed E-state index contributed by atoms with van der Waals surface area (Å²) in [5, 5.41) is 6.97. The molecule has 3 heteroatoms. The van der Waals surface area contributed by atoms with Crippen molar-refractivity contribution in [1.29, 1.82) is 0 Å². The SMILES string of the molecule is CCc1ccc(C2=NN(c3ccccc3)[C@@H](c3ccc(F)cc3)C2)cc1. The molecule has 0 radical (unpaired) electrons. The molecule has 2 nitrogen and oxygen atoms in total. The highest BCUT2D eigenvalue weighted by Gasteiger charge is 2.29. The van der Waals surface area contributed by atoms with Crippen LogP contribution in [0.2, 0.25) is 0 Å². The first-order valence-electron chi connectivity index (χ1n) is 9.01. The van der Waals surface area contributed by atoms with Crippen molar-refractivity contribution in [2.24, 2.45) is 5.10 Å². The van der Waals surface area contributed by atoms with Crippen molar-refractivity contribution in [3.8, 4) is 0 Å². The van der Waals surface area contributed by atoms with Crippen LogP contribution >= 0.6 is 0 Å². The second-order valence-electron chi connectivity index (χ2n) is 6.55. The van der Waals surface area contributed by atoms with E-state index in [0.717, 1.165) is 35.4 Å². The van der Waals surface area contributed by atoms with Crippen molar-refractivity contribution in [1.82, 2.24) is 0 Å². The first-order chi connectivity index (χ1) is 12.7. The third kappa shape index (κ3) is 3.25. The van der Waals surface area contributed by atoms with E-state index in [1.807, 2.05) is 30.3 Å². The molecule has 0 saturated carbocycles. The van der Waals surface area contributed by atoms with Crippen molar-refractivity contribution in [2.75, 3.05) is 5.01 Å². The van der Waals surface area contributed by atoms with Crippen LogP contribution in [-0.2, 0) is 6.42 Å². The summed E-state index contributed by atoms with van der Waals surface area (Å²) in [6.07, 6.45) is 1.83. The molecule has 0 aromatic heterocycles. The first kappa shape index (κ1) is 16.5. The lowest BCUT2D eigenvalue weighted by molar-refractivity contribution is 0.624. The first-order valence-corrected chi connectivity index (χ1v) is 9.01. The van der Waals surface area contributed by atoms with Gasteiger partial charge in [-0.25, -0.2) is 4.39 Å². The Morgan fingerprint density at radius 3 is 2.27 bits per heavy atom. The van der Waals surface area contributed by atoms with Gasteiger partial charge in [-0.1, -0.05) is 61.5 Å². The van der Waals surface area contributed by atoms with E-state index in [0.29, 0.717) is 0 Å². The number of rotatable bonds is 4. The summed E-state index contributed by atoms with van der Waals surface area (Å²) in [7, 11) is 0. The maximum atomic E-state index is 13.4. The number of hydrazone groups is 1. The molecule has 0 fully saturated rings. The zero-order valence-electron chi connectivity index (χ0n) is 14.8. The van der Waals surface area contributed by atoms with Gasteiger partial charge in [0.25, 0.3) is 0 Å². The Bertz CT molecular complexity index is 899. The lowest BCUT2D eigenvalue weighted by atomic mass is 9.97. The van der Waals surface area contributed by atoms with Crippen molar-refractivity contribution >= 4 is 11.4 Å². The van der Waals surface area contributed by atoms with Crippen molar-refractivity contribution in [2.45, 2.75) is 25.8 Å². The van der Waals surface area contributed by atoms with E-state index in [2.05, 4.69) is 48.3 Å². The lowest BCUT2D eigenvalue weighted by Gasteiger charge is -2.23. The van der Waals surface area contributed by atoms with Crippen LogP contribution in [0.3, 0.4) is 0 Å². The molecule has 1 atom stereocenters. The second kappa shape index (κ2) is 7.12. The van der Waals surface area contributed by atoms with Gasteiger partial charge in [0.15, 0.2) is 0 Å². The molecule has 1 heterocycles. The minimum atomic E-state index is -0.214. The number of nitrogens with zero attached hydrogens (tertiary/aromatic N) is 2. The highest BCUT2D eigenvalue weighted by Crippen LogP contribution is 2.36. The van der Waals surface area contributed by atoms with Crippen molar-refractivity contribution in [3.05, 3.63) is 101 Å². The molecule has 1 aliphatic heterocycles. The predicted octanol–water partition coefficient (Wildman–Crippen LogP) is 5.74. The number of hydrogen-bond donors (Lipinski definition) is 0. The number of hydrogen-bond acceptors (Lipinski definition) is 2. The Balaban J connectivity index is 1.71. The molecule has 3 aromatic rings. The monoisotopic (exact) mass is 344 g/mol. The molecule has 0 saturated heterocycles. The third-order valence-electron chi connectivity index (χ3n) is 4.88. The Hall–Kier alpha value is -2.94. The van der Waals surface area contributed by atoms with E-state index in [1.165, 1.54) is 17.7 Å². The predicted molar refractivity (Wildman–Crippen MR) is 105 cm³/mol. The van der Waals surface area contributed by atoms with Crippen LogP contribution in [0, 0.1) is 5.82 Å². The summed E-state index contributed by atoms with van der Waals surface area (Å²) in [6.45, 7) is 2.16. The normalized spacial score (nSPS) is 16.6. The van der Waals surface area contributed by atoms with Gasteiger partial charge >= 0.3 is 0 Å². The molecule has 1 aliphatic rings. The molecular formula is C23H21FN2. The van der Waals surface area contributed by atoms with Crippen LogP contribution in [0.25, 0.3) is 0 Å².